The van der Waals surface area contributed by atoms with Crippen molar-refractivity contribution in [2.75, 3.05) is 11.9 Å². The van der Waals surface area contributed by atoms with E-state index >= 15 is 0 Å². The van der Waals surface area contributed by atoms with E-state index in [0.29, 0.717) is 17.3 Å². The number of pyridine rings is 1. The molecular formula is C13H13N3O2S. The monoisotopic (exact) mass is 275 g/mol. The van der Waals surface area contributed by atoms with Gasteiger partial charge >= 0.3 is 5.97 Å². The number of aromatic nitrogens is 2. The van der Waals surface area contributed by atoms with Crippen molar-refractivity contribution in [2.45, 2.75) is 6.92 Å². The average Bonchev–Trinajstić information content (AvgIpc) is 2.93. The quantitative estimate of drug-likeness (QED) is 0.662. The van der Waals surface area contributed by atoms with Crippen LogP contribution in [0.2, 0.25) is 0 Å². The van der Waals surface area contributed by atoms with Gasteiger partial charge in [0.1, 0.15) is 4.99 Å². The standard InChI is InChI=1S/C13H13N3O2S/c1-2-18-13(17)11-9(5-3-8-15-11)16-12(19)10-6-4-7-14-10/h3-8,14H,2H2,1H3,(H,16,19). The largest absolute Gasteiger partial charge is 0.461 e. The summed E-state index contributed by atoms with van der Waals surface area (Å²) < 4.78 is 4.95. The molecule has 2 N–H and O–H groups in total. The van der Waals surface area contributed by atoms with Crippen molar-refractivity contribution in [3.05, 3.63) is 48.0 Å². The molecule has 2 heterocycles. The molecule has 98 valence electrons. The maximum Gasteiger partial charge on any atom is 0.359 e. The summed E-state index contributed by atoms with van der Waals surface area (Å²) in [7, 11) is 0. The number of H-pyrrole nitrogens is 1. The lowest BCUT2D eigenvalue weighted by atomic mass is 10.3. The van der Waals surface area contributed by atoms with Crippen molar-refractivity contribution in [3.63, 3.8) is 0 Å². The van der Waals surface area contributed by atoms with E-state index in [1.807, 2.05) is 12.1 Å². The van der Waals surface area contributed by atoms with Gasteiger partial charge in [0.2, 0.25) is 0 Å². The molecule has 0 aliphatic carbocycles. The first-order valence-electron chi connectivity index (χ1n) is 5.79. The Morgan fingerprint density at radius 3 is 3.00 bits per heavy atom. The maximum atomic E-state index is 11.8. The second-order valence-corrected chi connectivity index (χ2v) is 4.07. The summed E-state index contributed by atoms with van der Waals surface area (Å²) in [5.41, 5.74) is 1.52. The van der Waals surface area contributed by atoms with Gasteiger partial charge in [0.05, 0.1) is 18.0 Å². The van der Waals surface area contributed by atoms with Gasteiger partial charge in [-0.25, -0.2) is 9.78 Å². The summed E-state index contributed by atoms with van der Waals surface area (Å²) in [5, 5.41) is 2.99. The SMILES string of the molecule is CCOC(=O)c1ncccc1NC(=S)c1ccc[nH]1. The Kier molecular flexibility index (Phi) is 4.25. The first-order chi connectivity index (χ1) is 9.22. The topological polar surface area (TPSA) is 67.0 Å². The fourth-order valence-corrected chi connectivity index (χ4v) is 1.77. The highest BCUT2D eigenvalue weighted by atomic mass is 32.1. The molecule has 2 aromatic rings. The number of carbonyl (C=O) groups excluding carboxylic acids is 1. The van der Waals surface area contributed by atoms with Gasteiger partial charge in [-0.2, -0.15) is 0 Å². The van der Waals surface area contributed by atoms with Gasteiger partial charge in [-0.15, -0.1) is 0 Å². The fourth-order valence-electron chi connectivity index (χ4n) is 1.53. The Labute approximate surface area is 116 Å². The Balaban J connectivity index is 2.21. The van der Waals surface area contributed by atoms with Crippen LogP contribution in [0.4, 0.5) is 5.69 Å². The predicted octanol–water partition coefficient (Wildman–Crippen LogP) is 2.37. The molecule has 2 rings (SSSR count). The van der Waals surface area contributed by atoms with Crippen molar-refractivity contribution in [2.24, 2.45) is 0 Å². The second kappa shape index (κ2) is 6.10. The minimum absolute atomic E-state index is 0.221. The van der Waals surface area contributed by atoms with Gasteiger partial charge in [-0.05, 0) is 31.2 Å². The number of nitrogens with zero attached hydrogens (tertiary/aromatic N) is 1. The molecule has 19 heavy (non-hydrogen) atoms. The average molecular weight is 275 g/mol. The van der Waals surface area contributed by atoms with E-state index < -0.39 is 5.97 Å². The molecule has 0 radical (unpaired) electrons. The molecule has 0 saturated heterocycles. The fraction of sp³-hybridized carbons (Fsp3) is 0.154. The van der Waals surface area contributed by atoms with Crippen molar-refractivity contribution < 1.29 is 9.53 Å². The third-order valence-corrected chi connectivity index (χ3v) is 2.69. The number of hydrogen-bond acceptors (Lipinski definition) is 4. The number of esters is 1. The molecule has 0 aliphatic heterocycles. The molecule has 0 amide bonds. The molecule has 0 spiro atoms. The molecule has 5 nitrogen and oxygen atoms in total. The third kappa shape index (κ3) is 3.17. The summed E-state index contributed by atoms with van der Waals surface area (Å²) in [6.45, 7) is 2.05. The summed E-state index contributed by atoms with van der Waals surface area (Å²) in [5.74, 6) is -0.472. The van der Waals surface area contributed by atoms with Crippen molar-refractivity contribution in [1.82, 2.24) is 9.97 Å². The maximum absolute atomic E-state index is 11.8. The van der Waals surface area contributed by atoms with Gasteiger partial charge in [0, 0.05) is 12.4 Å². The van der Waals surface area contributed by atoms with E-state index in [4.69, 9.17) is 17.0 Å². The van der Waals surface area contributed by atoms with Gasteiger partial charge in [0.15, 0.2) is 5.69 Å². The van der Waals surface area contributed by atoms with Crippen LogP contribution in [0.25, 0.3) is 0 Å². The van der Waals surface area contributed by atoms with Crippen LogP contribution in [0.3, 0.4) is 0 Å². The van der Waals surface area contributed by atoms with Gasteiger partial charge < -0.3 is 15.0 Å². The Hall–Kier alpha value is -2.21. The van der Waals surface area contributed by atoms with Crippen LogP contribution in [-0.4, -0.2) is 27.5 Å². The van der Waals surface area contributed by atoms with Crippen molar-refractivity contribution in [3.8, 4) is 0 Å². The summed E-state index contributed by atoms with van der Waals surface area (Å²) in [4.78, 5) is 19.3. The van der Waals surface area contributed by atoms with E-state index in [1.165, 1.54) is 6.20 Å². The summed E-state index contributed by atoms with van der Waals surface area (Å²) >= 11 is 5.24. The molecule has 0 fully saturated rings. The molecule has 0 saturated carbocycles. The minimum atomic E-state index is -0.472. The number of ether oxygens (including phenoxy) is 1. The van der Waals surface area contributed by atoms with Crippen LogP contribution < -0.4 is 5.32 Å². The molecule has 6 heteroatoms. The summed E-state index contributed by atoms with van der Waals surface area (Å²) in [6, 6.07) is 7.14. The van der Waals surface area contributed by atoms with Crippen LogP contribution >= 0.6 is 12.2 Å². The van der Waals surface area contributed by atoms with Crippen molar-refractivity contribution >= 4 is 28.9 Å². The lowest BCUT2D eigenvalue weighted by Gasteiger charge is -2.10. The summed E-state index contributed by atoms with van der Waals surface area (Å²) in [6.07, 6.45) is 3.31. The molecular weight excluding hydrogens is 262 g/mol. The molecule has 0 unspecified atom stereocenters. The first-order valence-corrected chi connectivity index (χ1v) is 6.20. The third-order valence-electron chi connectivity index (χ3n) is 2.37. The Morgan fingerprint density at radius 1 is 1.47 bits per heavy atom. The number of carbonyl (C=O) groups is 1. The van der Waals surface area contributed by atoms with E-state index in [0.717, 1.165) is 5.69 Å². The normalized spacial score (nSPS) is 9.95. The second-order valence-electron chi connectivity index (χ2n) is 3.66. The number of nitrogens with one attached hydrogen (secondary N) is 2. The molecule has 0 bridgehead atoms. The smallest absolute Gasteiger partial charge is 0.359 e. The van der Waals surface area contributed by atoms with Gasteiger partial charge in [0.25, 0.3) is 0 Å². The lowest BCUT2D eigenvalue weighted by Crippen LogP contribution is -2.16. The van der Waals surface area contributed by atoms with E-state index in [2.05, 4.69) is 15.3 Å². The number of thiocarbonyl (C=S) groups is 1. The molecule has 0 atom stereocenters. The van der Waals surface area contributed by atoms with Crippen LogP contribution in [0.5, 0.6) is 0 Å². The van der Waals surface area contributed by atoms with E-state index in [9.17, 15) is 4.79 Å². The van der Waals surface area contributed by atoms with Crippen LogP contribution in [-0.2, 0) is 4.74 Å². The van der Waals surface area contributed by atoms with E-state index in [-0.39, 0.29) is 5.69 Å². The molecule has 0 aromatic carbocycles. The highest BCUT2D eigenvalue weighted by molar-refractivity contribution is 7.81. The number of aromatic amines is 1. The number of anilines is 1. The highest BCUT2D eigenvalue weighted by Gasteiger charge is 2.15. The van der Waals surface area contributed by atoms with E-state index in [1.54, 1.807) is 25.3 Å². The zero-order valence-electron chi connectivity index (χ0n) is 10.3. The number of hydrogen-bond donors (Lipinski definition) is 2. The Morgan fingerprint density at radius 2 is 2.32 bits per heavy atom. The molecule has 0 aliphatic rings. The molecule has 2 aromatic heterocycles. The minimum Gasteiger partial charge on any atom is -0.461 e. The van der Waals surface area contributed by atoms with Crippen LogP contribution in [0.1, 0.15) is 23.1 Å². The van der Waals surface area contributed by atoms with Crippen LogP contribution in [0.15, 0.2) is 36.7 Å². The number of rotatable bonds is 4. The van der Waals surface area contributed by atoms with Crippen molar-refractivity contribution in [1.29, 1.82) is 0 Å². The zero-order valence-corrected chi connectivity index (χ0v) is 11.2. The zero-order chi connectivity index (χ0) is 13.7. The van der Waals surface area contributed by atoms with Crippen LogP contribution in [0, 0.1) is 0 Å². The predicted molar refractivity (Wildman–Crippen MR) is 76.3 cm³/mol. The highest BCUT2D eigenvalue weighted by Crippen LogP contribution is 2.15. The first kappa shape index (κ1) is 13.2. The van der Waals surface area contributed by atoms with Gasteiger partial charge in [-0.1, -0.05) is 12.2 Å². The van der Waals surface area contributed by atoms with Gasteiger partial charge in [-0.3, -0.25) is 0 Å². The Bertz CT molecular complexity index is 581. The lowest BCUT2D eigenvalue weighted by molar-refractivity contribution is 0.0521.